The highest BCUT2D eigenvalue weighted by atomic mass is 16.5. The van der Waals surface area contributed by atoms with Gasteiger partial charge in [-0.25, -0.2) is 4.98 Å². The number of nitrogens with one attached hydrogen (secondary N) is 1. The molecule has 106 valence electrons. The van der Waals surface area contributed by atoms with E-state index in [4.69, 9.17) is 4.74 Å². The van der Waals surface area contributed by atoms with E-state index in [0.717, 1.165) is 31.7 Å². The number of aryl methyl sites for hydroxylation is 2. The molecule has 2 heterocycles. The van der Waals surface area contributed by atoms with Crippen LogP contribution in [0.25, 0.3) is 0 Å². The van der Waals surface area contributed by atoms with Gasteiger partial charge >= 0.3 is 0 Å². The van der Waals surface area contributed by atoms with Gasteiger partial charge in [-0.15, -0.1) is 0 Å². The van der Waals surface area contributed by atoms with Crippen LogP contribution < -0.4 is 10.1 Å². The number of para-hydroxylation sites is 1. The summed E-state index contributed by atoms with van der Waals surface area (Å²) in [6, 6.07) is 6.85. The number of hydrogen-bond acceptors (Lipinski definition) is 3. The first kappa shape index (κ1) is 13.0. The zero-order valence-electron chi connectivity index (χ0n) is 11.9. The average Bonchev–Trinajstić information content (AvgIpc) is 2.97. The molecule has 1 aromatic heterocycles. The van der Waals surface area contributed by atoms with Crippen LogP contribution in [0, 0.1) is 0 Å². The van der Waals surface area contributed by atoms with Gasteiger partial charge in [0.2, 0.25) is 0 Å². The lowest BCUT2D eigenvalue weighted by Crippen LogP contribution is -2.22. The molecule has 3 rings (SSSR count). The Morgan fingerprint density at radius 3 is 3.25 bits per heavy atom. The summed E-state index contributed by atoms with van der Waals surface area (Å²) in [6.45, 7) is 3.89. The number of ether oxygens (including phenoxy) is 1. The van der Waals surface area contributed by atoms with Gasteiger partial charge < -0.3 is 14.6 Å². The summed E-state index contributed by atoms with van der Waals surface area (Å²) >= 11 is 0. The molecular weight excluding hydrogens is 250 g/mol. The summed E-state index contributed by atoms with van der Waals surface area (Å²) in [5.41, 5.74) is 2.56. The van der Waals surface area contributed by atoms with Crippen molar-refractivity contribution in [2.75, 3.05) is 11.9 Å². The van der Waals surface area contributed by atoms with Crippen LogP contribution in [0.2, 0.25) is 0 Å². The fourth-order valence-electron chi connectivity index (χ4n) is 2.61. The molecule has 1 unspecified atom stereocenters. The first-order valence-corrected chi connectivity index (χ1v) is 7.30. The molecule has 1 N–H and O–H groups in total. The quantitative estimate of drug-likeness (QED) is 0.849. The van der Waals surface area contributed by atoms with Crippen LogP contribution in [0.1, 0.15) is 25.3 Å². The summed E-state index contributed by atoms with van der Waals surface area (Å²) < 4.78 is 8.03. The predicted molar refractivity (Wildman–Crippen MR) is 80.2 cm³/mol. The van der Waals surface area contributed by atoms with Gasteiger partial charge in [0.05, 0.1) is 18.6 Å². The first-order valence-electron chi connectivity index (χ1n) is 7.30. The van der Waals surface area contributed by atoms with Gasteiger partial charge in [-0.3, -0.25) is 0 Å². The minimum absolute atomic E-state index is 0.526. The Morgan fingerprint density at radius 2 is 2.40 bits per heavy atom. The fourth-order valence-corrected chi connectivity index (χ4v) is 2.61. The van der Waals surface area contributed by atoms with E-state index in [9.17, 15) is 0 Å². The van der Waals surface area contributed by atoms with Gasteiger partial charge in [0.1, 0.15) is 5.75 Å². The van der Waals surface area contributed by atoms with Crippen LogP contribution in [-0.2, 0) is 13.0 Å². The highest BCUT2D eigenvalue weighted by Gasteiger charge is 2.17. The van der Waals surface area contributed by atoms with Gasteiger partial charge in [-0.05, 0) is 37.8 Å². The van der Waals surface area contributed by atoms with Crippen molar-refractivity contribution in [3.8, 4) is 5.75 Å². The summed E-state index contributed by atoms with van der Waals surface area (Å²) in [5.74, 6) is 0.986. The van der Waals surface area contributed by atoms with Gasteiger partial charge in [0, 0.05) is 25.0 Å². The Kier molecular flexibility index (Phi) is 3.90. The Hall–Kier alpha value is -1.97. The molecule has 0 saturated heterocycles. The van der Waals surface area contributed by atoms with Gasteiger partial charge in [0.25, 0.3) is 0 Å². The number of rotatable bonds is 5. The standard InChI is InChI=1S/C16H21N3O/c1-13-6-7-14-4-2-5-15(16(14)18-13)20-11-3-9-19-10-8-17-12-19/h2,4-5,8,10,12-13,18H,3,6-7,9,11H2,1H3. The predicted octanol–water partition coefficient (Wildman–Crippen LogP) is 3.10. The molecule has 20 heavy (non-hydrogen) atoms. The van der Waals surface area contributed by atoms with Crippen LogP contribution in [0.15, 0.2) is 36.9 Å². The second kappa shape index (κ2) is 5.99. The van der Waals surface area contributed by atoms with Crippen molar-refractivity contribution in [2.45, 2.75) is 38.8 Å². The highest BCUT2D eigenvalue weighted by molar-refractivity contribution is 5.63. The molecule has 1 aliphatic rings. The number of anilines is 1. The maximum atomic E-state index is 5.95. The van der Waals surface area contributed by atoms with E-state index in [1.165, 1.54) is 17.7 Å². The molecule has 0 fully saturated rings. The van der Waals surface area contributed by atoms with Crippen molar-refractivity contribution >= 4 is 5.69 Å². The van der Waals surface area contributed by atoms with Crippen LogP contribution in [-0.4, -0.2) is 22.2 Å². The minimum atomic E-state index is 0.526. The van der Waals surface area contributed by atoms with E-state index in [1.807, 2.05) is 12.5 Å². The Balaban J connectivity index is 1.57. The van der Waals surface area contributed by atoms with E-state index in [1.54, 1.807) is 6.20 Å². The van der Waals surface area contributed by atoms with E-state index in [0.29, 0.717) is 6.04 Å². The van der Waals surface area contributed by atoms with Crippen molar-refractivity contribution in [2.24, 2.45) is 0 Å². The fraction of sp³-hybridized carbons (Fsp3) is 0.438. The first-order chi connectivity index (χ1) is 9.83. The molecule has 1 aromatic carbocycles. The number of hydrogen-bond donors (Lipinski definition) is 1. The van der Waals surface area contributed by atoms with Crippen LogP contribution in [0.4, 0.5) is 5.69 Å². The van der Waals surface area contributed by atoms with Crippen molar-refractivity contribution in [1.29, 1.82) is 0 Å². The number of aromatic nitrogens is 2. The maximum absolute atomic E-state index is 5.95. The molecule has 4 nitrogen and oxygen atoms in total. The smallest absolute Gasteiger partial charge is 0.142 e. The third-order valence-electron chi connectivity index (χ3n) is 3.73. The summed E-state index contributed by atoms with van der Waals surface area (Å²) in [6.07, 6.45) is 8.93. The van der Waals surface area contributed by atoms with Gasteiger partial charge in [0.15, 0.2) is 0 Å². The highest BCUT2D eigenvalue weighted by Crippen LogP contribution is 2.33. The molecule has 0 spiro atoms. The topological polar surface area (TPSA) is 39.1 Å². The number of imidazole rings is 1. The van der Waals surface area contributed by atoms with Gasteiger partial charge in [-0.1, -0.05) is 12.1 Å². The Labute approximate surface area is 119 Å². The van der Waals surface area contributed by atoms with E-state index in [2.05, 4.69) is 40.0 Å². The minimum Gasteiger partial charge on any atom is -0.491 e. The summed E-state index contributed by atoms with van der Waals surface area (Å²) in [7, 11) is 0. The zero-order chi connectivity index (χ0) is 13.8. The third-order valence-corrected chi connectivity index (χ3v) is 3.73. The second-order valence-electron chi connectivity index (χ2n) is 5.38. The number of fused-ring (bicyclic) bond motifs is 1. The maximum Gasteiger partial charge on any atom is 0.142 e. The normalized spacial score (nSPS) is 17.4. The van der Waals surface area contributed by atoms with E-state index in [-0.39, 0.29) is 0 Å². The molecule has 1 atom stereocenters. The largest absolute Gasteiger partial charge is 0.491 e. The molecule has 0 aliphatic carbocycles. The molecule has 0 amide bonds. The molecular formula is C16H21N3O. The van der Waals surface area contributed by atoms with Crippen molar-refractivity contribution in [3.05, 3.63) is 42.5 Å². The van der Waals surface area contributed by atoms with Crippen molar-refractivity contribution in [3.63, 3.8) is 0 Å². The third kappa shape index (κ3) is 2.95. The second-order valence-corrected chi connectivity index (χ2v) is 5.38. The lowest BCUT2D eigenvalue weighted by Gasteiger charge is -2.26. The average molecular weight is 271 g/mol. The number of nitrogens with zero attached hydrogens (tertiary/aromatic N) is 2. The lowest BCUT2D eigenvalue weighted by atomic mass is 9.98. The molecule has 1 aliphatic heterocycles. The molecule has 0 radical (unpaired) electrons. The summed E-state index contributed by atoms with van der Waals surface area (Å²) in [5, 5.41) is 3.54. The van der Waals surface area contributed by atoms with E-state index >= 15 is 0 Å². The van der Waals surface area contributed by atoms with E-state index < -0.39 is 0 Å². The Bertz CT molecular complexity index is 551. The van der Waals surface area contributed by atoms with Gasteiger partial charge in [-0.2, -0.15) is 0 Å². The lowest BCUT2D eigenvalue weighted by molar-refractivity contribution is 0.302. The zero-order valence-corrected chi connectivity index (χ0v) is 11.9. The molecule has 0 bridgehead atoms. The summed E-state index contributed by atoms with van der Waals surface area (Å²) in [4.78, 5) is 4.04. The molecule has 0 saturated carbocycles. The number of benzene rings is 1. The Morgan fingerprint density at radius 1 is 1.45 bits per heavy atom. The molecule has 2 aromatic rings. The monoisotopic (exact) mass is 271 g/mol. The van der Waals surface area contributed by atoms with Crippen LogP contribution in [0.5, 0.6) is 5.75 Å². The van der Waals surface area contributed by atoms with Crippen molar-refractivity contribution in [1.82, 2.24) is 9.55 Å². The molecule has 4 heteroatoms. The van der Waals surface area contributed by atoms with Crippen LogP contribution in [0.3, 0.4) is 0 Å². The van der Waals surface area contributed by atoms with Crippen LogP contribution >= 0.6 is 0 Å². The van der Waals surface area contributed by atoms with Crippen molar-refractivity contribution < 1.29 is 4.74 Å². The SMILES string of the molecule is CC1CCc2cccc(OCCCn3ccnc3)c2N1.